The van der Waals surface area contributed by atoms with E-state index in [0.29, 0.717) is 6.42 Å². The predicted molar refractivity (Wildman–Crippen MR) is 98.0 cm³/mol. The summed E-state index contributed by atoms with van der Waals surface area (Å²) in [6, 6.07) is 0. The lowest BCUT2D eigenvalue weighted by Crippen LogP contribution is -2.36. The molecule has 2 amide bonds. The molecule has 0 spiro atoms. The number of nitrogens with zero attached hydrogens (tertiary/aromatic N) is 1. The molecular formula is C12H23N2O13P3. The molecule has 1 aliphatic heterocycles. The first-order chi connectivity index (χ1) is 13.5. The van der Waals surface area contributed by atoms with Gasteiger partial charge in [0.1, 0.15) is 6.23 Å². The molecule has 0 aromatic heterocycles. The van der Waals surface area contributed by atoms with Crippen molar-refractivity contribution in [2.24, 2.45) is 5.92 Å². The van der Waals surface area contributed by atoms with Crippen LogP contribution < -0.4 is 5.32 Å². The summed E-state index contributed by atoms with van der Waals surface area (Å²) in [6.45, 7) is 2.71. The Morgan fingerprint density at radius 3 is 2.37 bits per heavy atom. The van der Waals surface area contributed by atoms with Gasteiger partial charge in [-0.05, 0) is 13.3 Å². The minimum Gasteiger partial charge on any atom is -0.355 e. The van der Waals surface area contributed by atoms with Gasteiger partial charge in [0, 0.05) is 25.2 Å². The van der Waals surface area contributed by atoms with E-state index in [1.807, 2.05) is 5.32 Å². The van der Waals surface area contributed by atoms with Gasteiger partial charge in [0.15, 0.2) is 0 Å². The van der Waals surface area contributed by atoms with Crippen molar-refractivity contribution in [1.29, 1.82) is 0 Å². The lowest BCUT2D eigenvalue weighted by atomic mass is 9.97. The van der Waals surface area contributed by atoms with Gasteiger partial charge in [-0.2, -0.15) is 8.62 Å². The molecule has 4 unspecified atom stereocenters. The summed E-state index contributed by atoms with van der Waals surface area (Å²) in [5.41, 5.74) is -1.16. The molecule has 174 valence electrons. The molecule has 1 rings (SSSR count). The second-order valence-electron chi connectivity index (χ2n) is 6.61. The summed E-state index contributed by atoms with van der Waals surface area (Å²) in [4.78, 5) is 58.7. The van der Waals surface area contributed by atoms with Crippen LogP contribution in [0.2, 0.25) is 0 Å². The Balaban J connectivity index is 2.72. The normalized spacial score (nSPS) is 28.6. The second-order valence-corrected chi connectivity index (χ2v) is 11.0. The zero-order valence-electron chi connectivity index (χ0n) is 16.1. The van der Waals surface area contributed by atoms with Gasteiger partial charge < -0.3 is 29.2 Å². The van der Waals surface area contributed by atoms with E-state index in [1.54, 1.807) is 14.0 Å². The molecule has 0 aliphatic carbocycles. The van der Waals surface area contributed by atoms with Gasteiger partial charge in [0.2, 0.25) is 6.41 Å². The van der Waals surface area contributed by atoms with Gasteiger partial charge in [-0.1, -0.05) is 6.92 Å². The van der Waals surface area contributed by atoms with Crippen LogP contribution in [0.1, 0.15) is 20.3 Å². The first-order valence-corrected chi connectivity index (χ1v) is 12.6. The topological polar surface area (TPSA) is 218 Å². The third kappa shape index (κ3) is 9.46. The van der Waals surface area contributed by atoms with Crippen LogP contribution in [0.3, 0.4) is 0 Å². The highest BCUT2D eigenvalue weighted by atomic mass is 31.3. The molecule has 5 atom stereocenters. The fourth-order valence-electron chi connectivity index (χ4n) is 2.71. The Morgan fingerprint density at radius 1 is 1.23 bits per heavy atom. The predicted octanol–water partition coefficient (Wildman–Crippen LogP) is 0.189. The van der Waals surface area contributed by atoms with Crippen LogP contribution in [0.15, 0.2) is 12.3 Å². The summed E-state index contributed by atoms with van der Waals surface area (Å²) in [5, 5.41) is 1.92. The standard InChI is InChI=1S/C12H23N2O13P3/c1-9-6-12(2,25-11(9)14(3)5-4-10(16)13-8-15)7-24-29(20,21)27-30(22,23)26-28(17,18)19/h4-5,8-9,11H,6-7H2,1-3H3,(H,20,21)(H,22,23)(H,13,15,16)(H2,17,18,19)/b5-4-/t9?,11?,12-/m0/s1. The van der Waals surface area contributed by atoms with Crippen molar-refractivity contribution in [2.45, 2.75) is 32.1 Å². The van der Waals surface area contributed by atoms with Crippen LogP contribution in [0.25, 0.3) is 0 Å². The summed E-state index contributed by atoms with van der Waals surface area (Å²) in [5.74, 6) is -0.818. The Kier molecular flexibility index (Phi) is 9.13. The molecule has 0 saturated carbocycles. The molecular weight excluding hydrogens is 473 g/mol. The molecule has 30 heavy (non-hydrogen) atoms. The second kappa shape index (κ2) is 10.1. The molecule has 1 saturated heterocycles. The van der Waals surface area contributed by atoms with Gasteiger partial charge in [-0.3, -0.25) is 19.4 Å². The number of phosphoric acid groups is 3. The average Bonchev–Trinajstić information content (AvgIpc) is 2.83. The van der Waals surface area contributed by atoms with Gasteiger partial charge in [-0.25, -0.2) is 13.7 Å². The number of amides is 2. The van der Waals surface area contributed by atoms with Crippen LogP contribution in [0.4, 0.5) is 0 Å². The van der Waals surface area contributed by atoms with E-state index in [0.717, 1.165) is 6.08 Å². The van der Waals surface area contributed by atoms with Crippen molar-refractivity contribution in [3.63, 3.8) is 0 Å². The minimum absolute atomic E-state index is 0.164. The first kappa shape index (κ1) is 27.1. The minimum atomic E-state index is -5.61. The van der Waals surface area contributed by atoms with Gasteiger partial charge in [0.05, 0.1) is 12.2 Å². The van der Waals surface area contributed by atoms with Crippen molar-refractivity contribution in [3.8, 4) is 0 Å². The molecule has 1 heterocycles. The fraction of sp³-hybridized carbons (Fsp3) is 0.667. The van der Waals surface area contributed by atoms with Crippen LogP contribution in [0, 0.1) is 5.92 Å². The maximum absolute atomic E-state index is 11.8. The van der Waals surface area contributed by atoms with Crippen molar-refractivity contribution >= 4 is 35.8 Å². The van der Waals surface area contributed by atoms with Crippen molar-refractivity contribution < 1.29 is 60.7 Å². The summed E-state index contributed by atoms with van der Waals surface area (Å²) in [7, 11) is -14.8. The molecule has 0 radical (unpaired) electrons. The quantitative estimate of drug-likeness (QED) is 0.147. The number of carbonyl (C=O) groups excluding carboxylic acids is 2. The molecule has 1 aliphatic rings. The van der Waals surface area contributed by atoms with E-state index in [9.17, 15) is 28.2 Å². The summed E-state index contributed by atoms with van der Waals surface area (Å²) in [6.07, 6.45) is 2.37. The van der Waals surface area contributed by atoms with Gasteiger partial charge in [0.25, 0.3) is 5.91 Å². The highest BCUT2D eigenvalue weighted by molar-refractivity contribution is 7.66. The SMILES string of the molecule is CC1C[C@@](C)(COP(=O)(O)OP(=O)(O)OP(=O)(O)O)OC1N(C)/C=C\C(=O)NC=O. The van der Waals surface area contributed by atoms with E-state index in [4.69, 9.17) is 19.4 Å². The maximum atomic E-state index is 11.8. The Bertz CT molecular complexity index is 813. The Morgan fingerprint density at radius 2 is 1.83 bits per heavy atom. The van der Waals surface area contributed by atoms with Crippen LogP contribution in [0.5, 0.6) is 0 Å². The average molecular weight is 496 g/mol. The van der Waals surface area contributed by atoms with E-state index in [1.165, 1.54) is 18.0 Å². The Labute approximate surface area is 171 Å². The van der Waals surface area contributed by atoms with Crippen LogP contribution in [-0.2, 0) is 41.2 Å². The monoisotopic (exact) mass is 496 g/mol. The van der Waals surface area contributed by atoms with Crippen molar-refractivity contribution in [3.05, 3.63) is 12.3 Å². The number of phosphoric ester groups is 1. The van der Waals surface area contributed by atoms with E-state index < -0.39 is 47.8 Å². The van der Waals surface area contributed by atoms with Crippen molar-refractivity contribution in [1.82, 2.24) is 10.2 Å². The number of hydrogen-bond acceptors (Lipinski definition) is 10. The number of carbonyl (C=O) groups is 2. The fourth-order valence-corrected chi connectivity index (χ4v) is 5.84. The number of nitrogens with one attached hydrogen (secondary N) is 1. The van der Waals surface area contributed by atoms with Crippen LogP contribution >= 0.6 is 23.5 Å². The molecule has 15 nitrogen and oxygen atoms in total. The zero-order valence-corrected chi connectivity index (χ0v) is 18.7. The molecule has 0 aromatic carbocycles. The maximum Gasteiger partial charge on any atom is 0.490 e. The van der Waals surface area contributed by atoms with Gasteiger partial charge in [-0.15, -0.1) is 0 Å². The summed E-state index contributed by atoms with van der Waals surface area (Å²) >= 11 is 0. The van der Waals surface area contributed by atoms with Crippen LogP contribution in [-0.4, -0.2) is 62.3 Å². The van der Waals surface area contributed by atoms with E-state index >= 15 is 0 Å². The third-order valence-corrected chi connectivity index (χ3v) is 7.44. The first-order valence-electron chi connectivity index (χ1n) is 8.08. The highest BCUT2D eigenvalue weighted by Crippen LogP contribution is 2.66. The summed E-state index contributed by atoms with van der Waals surface area (Å²) < 4.78 is 51.5. The molecule has 0 aromatic rings. The number of imide groups is 1. The number of hydrogen-bond donors (Lipinski definition) is 5. The number of ether oxygens (including phenoxy) is 1. The Hall–Kier alpha value is -0.950. The smallest absolute Gasteiger partial charge is 0.355 e. The zero-order chi connectivity index (χ0) is 23.4. The van der Waals surface area contributed by atoms with Crippen molar-refractivity contribution in [2.75, 3.05) is 13.7 Å². The molecule has 0 bridgehead atoms. The largest absolute Gasteiger partial charge is 0.490 e. The van der Waals surface area contributed by atoms with Gasteiger partial charge >= 0.3 is 23.5 Å². The van der Waals surface area contributed by atoms with E-state index in [-0.39, 0.29) is 12.3 Å². The molecule has 18 heteroatoms. The molecule has 1 fully saturated rings. The van der Waals surface area contributed by atoms with E-state index in [2.05, 4.69) is 13.1 Å². The third-order valence-electron chi connectivity index (χ3n) is 3.66. The molecule has 5 N–H and O–H groups in total. The highest BCUT2D eigenvalue weighted by Gasteiger charge is 2.46. The lowest BCUT2D eigenvalue weighted by Gasteiger charge is -2.29. The lowest BCUT2D eigenvalue weighted by molar-refractivity contribution is -0.121. The number of rotatable bonds is 11.